The zero-order valence-corrected chi connectivity index (χ0v) is 19.2. The van der Waals surface area contributed by atoms with E-state index in [2.05, 4.69) is 39.8 Å². The Morgan fingerprint density at radius 1 is 0.913 bits per heavy atom. The number of hydrogen-bond acceptors (Lipinski definition) is 2. The van der Waals surface area contributed by atoms with Gasteiger partial charge in [0.1, 0.15) is 0 Å². The Hall–Kier alpha value is 0.00870. The van der Waals surface area contributed by atoms with E-state index in [-0.39, 0.29) is 10.1 Å². The molecule has 0 saturated heterocycles. The minimum atomic E-state index is -2.53. The molecule has 0 aromatic carbocycles. The number of rotatable bonds is 14. The molecule has 0 bridgehead atoms. The first kappa shape index (κ1) is 23.0. The van der Waals surface area contributed by atoms with Gasteiger partial charge < -0.3 is 0 Å². The second-order valence-electron chi connectivity index (χ2n) is 6.92. The monoisotopic (exact) mass is 432 g/mol. The molecule has 0 heterocycles. The molecule has 0 aromatic heterocycles. The van der Waals surface area contributed by atoms with Crippen LogP contribution in [0.3, 0.4) is 0 Å². The van der Waals surface area contributed by atoms with E-state index in [9.17, 15) is 4.79 Å². The fourth-order valence-corrected chi connectivity index (χ4v) is 19.7. The Morgan fingerprint density at radius 3 is 1.74 bits per heavy atom. The Bertz CT molecular complexity index is 304. The fraction of sp³-hybridized carbons (Fsp3) is 0.850. The molecule has 0 aromatic rings. The number of hydrogen-bond donors (Lipinski definition) is 0. The Kier molecular flexibility index (Phi) is 14.4. The van der Waals surface area contributed by atoms with E-state index in [1.807, 2.05) is 0 Å². The van der Waals surface area contributed by atoms with Crippen molar-refractivity contribution in [1.82, 2.24) is 0 Å². The molecule has 0 fully saturated rings. The number of esters is 1. The van der Waals surface area contributed by atoms with Crippen molar-refractivity contribution in [3.63, 3.8) is 0 Å². The van der Waals surface area contributed by atoms with Gasteiger partial charge in [-0.05, 0) is 0 Å². The van der Waals surface area contributed by atoms with E-state index in [1.165, 1.54) is 51.8 Å². The van der Waals surface area contributed by atoms with Crippen molar-refractivity contribution in [2.45, 2.75) is 103 Å². The molecule has 1 unspecified atom stereocenters. The fourth-order valence-electron chi connectivity index (χ4n) is 3.32. The third-order valence-corrected chi connectivity index (χ3v) is 20.6. The normalized spacial score (nSPS) is 13.4. The number of carbonyl (C=O) groups is 1. The molecule has 0 rings (SSSR count). The maximum absolute atomic E-state index is 11.7. The Morgan fingerprint density at radius 2 is 1.39 bits per heavy atom. The molecule has 1 atom stereocenters. The van der Waals surface area contributed by atoms with Crippen molar-refractivity contribution >= 4 is 24.3 Å². The van der Waals surface area contributed by atoms with Crippen molar-refractivity contribution < 1.29 is 9.53 Å². The van der Waals surface area contributed by atoms with E-state index in [0.29, 0.717) is 0 Å². The maximum atomic E-state index is 11.7. The van der Waals surface area contributed by atoms with E-state index < -0.39 is 18.4 Å². The van der Waals surface area contributed by atoms with Crippen LogP contribution in [0.25, 0.3) is 0 Å². The van der Waals surface area contributed by atoms with Crippen molar-refractivity contribution in [3.8, 4) is 0 Å². The van der Waals surface area contributed by atoms with Gasteiger partial charge in [-0.2, -0.15) is 0 Å². The molecule has 0 amide bonds. The summed E-state index contributed by atoms with van der Waals surface area (Å²) in [7, 11) is 0. The van der Waals surface area contributed by atoms with Crippen molar-refractivity contribution in [2.75, 3.05) is 0 Å². The SMILES string of the molecule is CCC/C=C/[CH](OC(C)=O)[Sn]([CH2]CCC)([CH2]CCC)[CH2]CCC. The molecule has 23 heavy (non-hydrogen) atoms. The number of carbonyl (C=O) groups excluding carboxylic acids is 1. The molecule has 2 nitrogen and oxygen atoms in total. The van der Waals surface area contributed by atoms with Crippen LogP contribution in [-0.2, 0) is 9.53 Å². The van der Waals surface area contributed by atoms with Gasteiger partial charge >= 0.3 is 149 Å². The summed E-state index contributed by atoms with van der Waals surface area (Å²) in [4.78, 5) is 11.7. The molecular weight excluding hydrogens is 391 g/mol. The van der Waals surface area contributed by atoms with E-state index >= 15 is 0 Å². The summed E-state index contributed by atoms with van der Waals surface area (Å²) in [5, 5.41) is 0. The second kappa shape index (κ2) is 14.4. The predicted molar refractivity (Wildman–Crippen MR) is 105 cm³/mol. The van der Waals surface area contributed by atoms with Crippen LogP contribution in [0.2, 0.25) is 13.3 Å². The van der Waals surface area contributed by atoms with Crippen molar-refractivity contribution in [3.05, 3.63) is 12.2 Å². The van der Waals surface area contributed by atoms with Crippen molar-refractivity contribution in [1.29, 1.82) is 0 Å². The summed E-state index contributed by atoms with van der Waals surface area (Å²) < 4.78 is 10.2. The van der Waals surface area contributed by atoms with Gasteiger partial charge in [0, 0.05) is 0 Å². The molecule has 0 saturated carbocycles. The van der Waals surface area contributed by atoms with Gasteiger partial charge in [-0.15, -0.1) is 0 Å². The predicted octanol–water partition coefficient (Wildman–Crippen LogP) is 6.66. The molecule has 0 aliphatic rings. The first-order valence-corrected chi connectivity index (χ1v) is 17.6. The van der Waals surface area contributed by atoms with Crippen LogP contribution in [0.15, 0.2) is 12.2 Å². The third kappa shape index (κ3) is 9.78. The van der Waals surface area contributed by atoms with Gasteiger partial charge in [0.05, 0.1) is 0 Å². The third-order valence-electron chi connectivity index (χ3n) is 4.75. The van der Waals surface area contributed by atoms with Gasteiger partial charge in [0.25, 0.3) is 0 Å². The first-order chi connectivity index (χ1) is 11.1. The Balaban J connectivity index is 5.44. The summed E-state index contributed by atoms with van der Waals surface area (Å²) in [5.41, 5.74) is 0. The summed E-state index contributed by atoms with van der Waals surface area (Å²) in [6.45, 7) is 10.6. The number of ether oxygens (including phenoxy) is 1. The standard InChI is InChI=1S/C8H13O2.3C4H9.Sn/c1-3-4-5-6-7-10-8(2)9;3*1-3-4-2;/h5-7H,3-4H2,1-2H3;3*1,3-4H2,2H3;/b6-5+;;;;. The molecule has 0 radical (unpaired) electrons. The molecule has 0 aliphatic heterocycles. The van der Waals surface area contributed by atoms with Crippen molar-refractivity contribution in [2.24, 2.45) is 0 Å². The first-order valence-electron chi connectivity index (χ1n) is 9.90. The van der Waals surface area contributed by atoms with Gasteiger partial charge in [-0.25, -0.2) is 0 Å². The van der Waals surface area contributed by atoms with Crippen LogP contribution >= 0.6 is 0 Å². The number of allylic oxidation sites excluding steroid dienone is 1. The summed E-state index contributed by atoms with van der Waals surface area (Å²) in [6, 6.07) is 0. The van der Waals surface area contributed by atoms with Crippen LogP contribution in [0.5, 0.6) is 0 Å². The van der Waals surface area contributed by atoms with E-state index in [0.717, 1.165) is 12.8 Å². The van der Waals surface area contributed by atoms with Crippen LogP contribution in [0, 0.1) is 0 Å². The molecule has 3 heteroatoms. The van der Waals surface area contributed by atoms with E-state index in [1.54, 1.807) is 6.92 Å². The Labute approximate surface area is 149 Å². The van der Waals surface area contributed by atoms with Gasteiger partial charge in [-0.1, -0.05) is 0 Å². The number of unbranched alkanes of at least 4 members (excludes halogenated alkanes) is 4. The summed E-state index contributed by atoms with van der Waals surface area (Å²) >= 11 is -2.53. The average molecular weight is 431 g/mol. The topological polar surface area (TPSA) is 26.3 Å². The van der Waals surface area contributed by atoms with Gasteiger partial charge in [0.15, 0.2) is 0 Å². The summed E-state index contributed by atoms with van der Waals surface area (Å²) in [6.07, 6.45) is 14.5. The van der Waals surface area contributed by atoms with Crippen LogP contribution < -0.4 is 0 Å². The molecule has 136 valence electrons. The van der Waals surface area contributed by atoms with Crippen LogP contribution in [-0.4, -0.2) is 28.5 Å². The molecule has 0 N–H and O–H groups in total. The van der Waals surface area contributed by atoms with Gasteiger partial charge in [0.2, 0.25) is 0 Å². The minimum absolute atomic E-state index is 0.0956. The average Bonchev–Trinajstić information content (AvgIpc) is 2.53. The van der Waals surface area contributed by atoms with E-state index in [4.69, 9.17) is 4.74 Å². The summed E-state index contributed by atoms with van der Waals surface area (Å²) in [5.74, 6) is -0.0956. The zero-order valence-electron chi connectivity index (χ0n) is 16.3. The quantitative estimate of drug-likeness (QED) is 0.175. The molecule has 0 spiro atoms. The zero-order chi connectivity index (χ0) is 17.6. The van der Waals surface area contributed by atoms with Crippen LogP contribution in [0.4, 0.5) is 0 Å². The van der Waals surface area contributed by atoms with Crippen LogP contribution in [0.1, 0.15) is 86.0 Å². The second-order valence-corrected chi connectivity index (χ2v) is 20.6. The van der Waals surface area contributed by atoms with Gasteiger partial charge in [-0.3, -0.25) is 0 Å². The molecular formula is C20H40O2Sn. The molecule has 0 aliphatic carbocycles.